The van der Waals surface area contributed by atoms with E-state index in [-0.39, 0.29) is 19.2 Å². The molecule has 0 aliphatic rings. The average molecular weight is 272 g/mol. The van der Waals surface area contributed by atoms with Crippen LogP contribution in [0.15, 0.2) is 12.7 Å². The van der Waals surface area contributed by atoms with Crippen LogP contribution in [-0.4, -0.2) is 37.5 Å². The molecule has 0 radical (unpaired) electrons. The minimum Gasteiger partial charge on any atom is -0.463 e. The van der Waals surface area contributed by atoms with Crippen LogP contribution in [0.2, 0.25) is 0 Å². The number of ether oxygens (including phenoxy) is 2. The maximum absolute atomic E-state index is 11.3. The summed E-state index contributed by atoms with van der Waals surface area (Å²) in [5.74, 6) is -0.153. The highest BCUT2D eigenvalue weighted by atomic mass is 16.6. The molecule has 0 rings (SSSR count). The van der Waals surface area contributed by atoms with E-state index in [0.29, 0.717) is 19.6 Å². The first kappa shape index (κ1) is 18.1. The predicted octanol–water partition coefficient (Wildman–Crippen LogP) is 2.85. The first-order valence-corrected chi connectivity index (χ1v) is 7.26. The van der Waals surface area contributed by atoms with Crippen molar-refractivity contribution in [3.05, 3.63) is 12.7 Å². The van der Waals surface area contributed by atoms with Crippen LogP contribution in [-0.2, 0) is 14.3 Å². The highest BCUT2D eigenvalue weighted by molar-refractivity contribution is 5.69. The predicted molar refractivity (Wildman–Crippen MR) is 76.0 cm³/mol. The van der Waals surface area contributed by atoms with Crippen molar-refractivity contribution in [1.82, 2.24) is 0 Å². The van der Waals surface area contributed by atoms with Crippen molar-refractivity contribution in [2.75, 3.05) is 26.4 Å². The van der Waals surface area contributed by atoms with Gasteiger partial charge in [0.05, 0.1) is 19.8 Å². The third kappa shape index (κ3) is 15.1. The topological polar surface area (TPSA) is 55.8 Å². The second-order valence-electron chi connectivity index (χ2n) is 4.51. The molecule has 0 aromatic carbocycles. The fourth-order valence-corrected chi connectivity index (χ4v) is 1.72. The Morgan fingerprint density at radius 3 is 2.37 bits per heavy atom. The van der Waals surface area contributed by atoms with Gasteiger partial charge in [-0.1, -0.05) is 31.8 Å². The van der Waals surface area contributed by atoms with E-state index in [9.17, 15) is 4.79 Å². The molecule has 0 aliphatic heterocycles. The summed E-state index contributed by atoms with van der Waals surface area (Å²) in [6.07, 6.45) is 10.4. The molecule has 112 valence electrons. The van der Waals surface area contributed by atoms with Crippen LogP contribution in [0.4, 0.5) is 0 Å². The van der Waals surface area contributed by atoms with Gasteiger partial charge in [-0.3, -0.25) is 4.79 Å². The van der Waals surface area contributed by atoms with Gasteiger partial charge in [0, 0.05) is 6.42 Å². The van der Waals surface area contributed by atoms with Gasteiger partial charge in [-0.2, -0.15) is 0 Å². The Balaban J connectivity index is 3.13. The summed E-state index contributed by atoms with van der Waals surface area (Å²) in [6, 6.07) is 0. The summed E-state index contributed by atoms with van der Waals surface area (Å²) in [6.45, 7) is 4.63. The van der Waals surface area contributed by atoms with Gasteiger partial charge in [-0.25, -0.2) is 0 Å². The lowest BCUT2D eigenvalue weighted by molar-refractivity contribution is -0.145. The van der Waals surface area contributed by atoms with Crippen molar-refractivity contribution in [3.63, 3.8) is 0 Å². The third-order valence-corrected chi connectivity index (χ3v) is 2.77. The number of rotatable bonds is 14. The SMILES string of the molecule is C=CCCCCCCCCC(=O)OCCOCCO. The molecule has 0 saturated carbocycles. The number of aliphatic hydroxyl groups excluding tert-OH is 1. The summed E-state index contributed by atoms with van der Waals surface area (Å²) in [4.78, 5) is 11.3. The smallest absolute Gasteiger partial charge is 0.305 e. The van der Waals surface area contributed by atoms with E-state index in [0.717, 1.165) is 19.3 Å². The molecule has 0 unspecified atom stereocenters. The summed E-state index contributed by atoms with van der Waals surface area (Å²) in [5.41, 5.74) is 0. The fourth-order valence-electron chi connectivity index (χ4n) is 1.72. The van der Waals surface area contributed by atoms with Gasteiger partial charge in [-0.05, 0) is 19.3 Å². The zero-order valence-electron chi connectivity index (χ0n) is 11.9. The Bertz CT molecular complexity index is 216. The number of hydrogen-bond donors (Lipinski definition) is 1. The van der Waals surface area contributed by atoms with Crippen LogP contribution < -0.4 is 0 Å². The van der Waals surface area contributed by atoms with E-state index in [4.69, 9.17) is 14.6 Å². The number of hydrogen-bond acceptors (Lipinski definition) is 4. The Morgan fingerprint density at radius 1 is 1.00 bits per heavy atom. The van der Waals surface area contributed by atoms with Gasteiger partial charge in [0.25, 0.3) is 0 Å². The molecule has 0 spiro atoms. The standard InChI is InChI=1S/C15H28O4/c1-2-3-4-5-6-7-8-9-10-15(17)19-14-13-18-12-11-16/h2,16H,1,3-14H2. The quantitative estimate of drug-likeness (QED) is 0.300. The number of allylic oxidation sites excluding steroid dienone is 1. The molecule has 4 nitrogen and oxygen atoms in total. The maximum atomic E-state index is 11.3. The molecule has 4 heteroatoms. The van der Waals surface area contributed by atoms with Crippen molar-refractivity contribution in [3.8, 4) is 0 Å². The second kappa shape index (κ2) is 15.2. The average Bonchev–Trinajstić information content (AvgIpc) is 2.41. The molecular weight excluding hydrogens is 244 g/mol. The Morgan fingerprint density at radius 2 is 1.68 bits per heavy atom. The molecule has 19 heavy (non-hydrogen) atoms. The van der Waals surface area contributed by atoms with Gasteiger partial charge in [0.1, 0.15) is 6.61 Å². The van der Waals surface area contributed by atoms with E-state index >= 15 is 0 Å². The van der Waals surface area contributed by atoms with Crippen LogP contribution in [0.25, 0.3) is 0 Å². The van der Waals surface area contributed by atoms with Gasteiger partial charge in [-0.15, -0.1) is 6.58 Å². The largest absolute Gasteiger partial charge is 0.463 e. The molecule has 0 saturated heterocycles. The van der Waals surface area contributed by atoms with E-state index in [1.807, 2.05) is 6.08 Å². The van der Waals surface area contributed by atoms with Crippen LogP contribution in [0.5, 0.6) is 0 Å². The van der Waals surface area contributed by atoms with E-state index in [1.54, 1.807) is 0 Å². The van der Waals surface area contributed by atoms with E-state index in [2.05, 4.69) is 6.58 Å². The van der Waals surface area contributed by atoms with Crippen molar-refractivity contribution >= 4 is 5.97 Å². The molecule has 0 heterocycles. The van der Waals surface area contributed by atoms with Crippen molar-refractivity contribution in [1.29, 1.82) is 0 Å². The van der Waals surface area contributed by atoms with Gasteiger partial charge in [0.15, 0.2) is 0 Å². The number of unbranched alkanes of at least 4 members (excludes halogenated alkanes) is 6. The summed E-state index contributed by atoms with van der Waals surface area (Å²) in [7, 11) is 0. The molecule has 0 fully saturated rings. The second-order valence-corrected chi connectivity index (χ2v) is 4.51. The number of carbonyl (C=O) groups is 1. The molecule has 0 aliphatic carbocycles. The van der Waals surface area contributed by atoms with Gasteiger partial charge < -0.3 is 14.6 Å². The van der Waals surface area contributed by atoms with Crippen molar-refractivity contribution in [2.45, 2.75) is 51.4 Å². The van der Waals surface area contributed by atoms with Crippen LogP contribution in [0.3, 0.4) is 0 Å². The third-order valence-electron chi connectivity index (χ3n) is 2.77. The molecule has 0 aromatic rings. The zero-order valence-corrected chi connectivity index (χ0v) is 11.9. The fraction of sp³-hybridized carbons (Fsp3) is 0.800. The monoisotopic (exact) mass is 272 g/mol. The number of esters is 1. The molecular formula is C15H28O4. The molecule has 0 bridgehead atoms. The number of aliphatic hydroxyl groups is 1. The van der Waals surface area contributed by atoms with Gasteiger partial charge in [0.2, 0.25) is 0 Å². The Hall–Kier alpha value is -0.870. The summed E-state index contributed by atoms with van der Waals surface area (Å²) in [5, 5.41) is 8.47. The summed E-state index contributed by atoms with van der Waals surface area (Å²) >= 11 is 0. The van der Waals surface area contributed by atoms with Crippen LogP contribution in [0, 0.1) is 0 Å². The Kier molecular flexibility index (Phi) is 14.5. The molecule has 0 amide bonds. The highest BCUT2D eigenvalue weighted by Gasteiger charge is 2.02. The van der Waals surface area contributed by atoms with E-state index in [1.165, 1.54) is 25.7 Å². The molecule has 1 N–H and O–H groups in total. The minimum atomic E-state index is -0.153. The zero-order chi connectivity index (χ0) is 14.2. The first-order chi connectivity index (χ1) is 9.31. The number of carbonyl (C=O) groups excluding carboxylic acids is 1. The Labute approximate surface area is 116 Å². The minimum absolute atomic E-state index is 0.000740. The van der Waals surface area contributed by atoms with Crippen LogP contribution >= 0.6 is 0 Å². The van der Waals surface area contributed by atoms with Crippen LogP contribution in [0.1, 0.15) is 51.4 Å². The lowest BCUT2D eigenvalue weighted by atomic mass is 10.1. The van der Waals surface area contributed by atoms with Crippen molar-refractivity contribution < 1.29 is 19.4 Å². The maximum Gasteiger partial charge on any atom is 0.305 e. The first-order valence-electron chi connectivity index (χ1n) is 7.26. The summed E-state index contributed by atoms with van der Waals surface area (Å²) < 4.78 is 9.98. The lowest BCUT2D eigenvalue weighted by Crippen LogP contribution is -2.11. The molecule has 0 atom stereocenters. The normalized spacial score (nSPS) is 10.4. The van der Waals surface area contributed by atoms with Crippen molar-refractivity contribution in [2.24, 2.45) is 0 Å². The molecule has 0 aromatic heterocycles. The highest BCUT2D eigenvalue weighted by Crippen LogP contribution is 2.09. The lowest BCUT2D eigenvalue weighted by Gasteiger charge is -2.05. The van der Waals surface area contributed by atoms with E-state index < -0.39 is 0 Å². The van der Waals surface area contributed by atoms with Gasteiger partial charge >= 0.3 is 5.97 Å².